The summed E-state index contributed by atoms with van der Waals surface area (Å²) in [5, 5.41) is 11.0. The topological polar surface area (TPSA) is 69.1 Å². The van der Waals surface area contributed by atoms with Gasteiger partial charge in [0, 0.05) is 25.8 Å². The van der Waals surface area contributed by atoms with Gasteiger partial charge in [0.25, 0.3) is 0 Å². The molecule has 1 aromatic heterocycles. The first kappa shape index (κ1) is 19.2. The fourth-order valence-electron chi connectivity index (χ4n) is 3.74. The Kier molecular flexibility index (Phi) is 6.58. The number of carbonyl (C=O) groups is 1. The highest BCUT2D eigenvalue weighted by Crippen LogP contribution is 2.18. The van der Waals surface area contributed by atoms with Crippen LogP contribution in [0.1, 0.15) is 18.5 Å². The number of nitrogens with zero attached hydrogens (tertiary/aromatic N) is 4. The van der Waals surface area contributed by atoms with E-state index < -0.39 is 5.60 Å². The highest BCUT2D eigenvalue weighted by Gasteiger charge is 2.36. The van der Waals surface area contributed by atoms with Gasteiger partial charge in [-0.15, -0.1) is 0 Å². The Balaban J connectivity index is 1.55. The van der Waals surface area contributed by atoms with Crippen molar-refractivity contribution in [2.45, 2.75) is 25.0 Å². The number of aliphatic hydroxyl groups is 1. The van der Waals surface area contributed by atoms with Crippen molar-refractivity contribution in [3.8, 4) is 0 Å². The number of hydrogen-bond donors (Lipinski definition) is 1. The lowest BCUT2D eigenvalue weighted by atomic mass is 10.0. The van der Waals surface area contributed by atoms with Gasteiger partial charge < -0.3 is 19.6 Å². The summed E-state index contributed by atoms with van der Waals surface area (Å²) in [6, 6.07) is 5.78. The van der Waals surface area contributed by atoms with Crippen LogP contribution in [0.5, 0.6) is 0 Å². The number of aromatic nitrogens is 1. The van der Waals surface area contributed by atoms with Crippen LogP contribution in [0.3, 0.4) is 0 Å². The summed E-state index contributed by atoms with van der Waals surface area (Å²) < 4.78 is 5.61. The molecule has 1 aromatic rings. The number of carbonyl (C=O) groups excluding carboxylic acids is 1. The van der Waals surface area contributed by atoms with Crippen molar-refractivity contribution in [3.63, 3.8) is 0 Å². The van der Waals surface area contributed by atoms with Crippen molar-refractivity contribution >= 4 is 5.91 Å². The van der Waals surface area contributed by atoms with E-state index >= 15 is 0 Å². The lowest BCUT2D eigenvalue weighted by Gasteiger charge is -2.34. The molecule has 2 fully saturated rings. The van der Waals surface area contributed by atoms with Gasteiger partial charge >= 0.3 is 0 Å². The van der Waals surface area contributed by atoms with Gasteiger partial charge in [-0.25, -0.2) is 0 Å². The van der Waals surface area contributed by atoms with E-state index in [0.717, 1.165) is 18.8 Å². The maximum absolute atomic E-state index is 12.8. The quantitative estimate of drug-likeness (QED) is 0.780. The van der Waals surface area contributed by atoms with Crippen molar-refractivity contribution < 1.29 is 14.6 Å². The van der Waals surface area contributed by atoms with Crippen molar-refractivity contribution in [2.75, 3.05) is 59.5 Å². The molecule has 1 amide bonds. The Morgan fingerprint density at radius 3 is 2.88 bits per heavy atom. The van der Waals surface area contributed by atoms with E-state index in [4.69, 9.17) is 4.74 Å². The summed E-state index contributed by atoms with van der Waals surface area (Å²) in [6.07, 6.45) is 4.12. The van der Waals surface area contributed by atoms with Crippen molar-refractivity contribution in [2.24, 2.45) is 0 Å². The predicted molar refractivity (Wildman–Crippen MR) is 98.6 cm³/mol. The van der Waals surface area contributed by atoms with Crippen molar-refractivity contribution in [1.29, 1.82) is 0 Å². The third-order valence-corrected chi connectivity index (χ3v) is 4.99. The monoisotopic (exact) mass is 362 g/mol. The number of β-amino-alcohol motifs (C(OH)–C–C–N with tert-alkyl or cyclic N) is 1. The smallest absolute Gasteiger partial charge is 0.236 e. The number of amides is 1. The van der Waals surface area contributed by atoms with Gasteiger partial charge in [-0.1, -0.05) is 6.07 Å². The molecule has 26 heavy (non-hydrogen) atoms. The number of likely N-dealkylation sites (N-methyl/N-ethyl adjacent to an activating group) is 1. The van der Waals surface area contributed by atoms with Crippen molar-refractivity contribution in [3.05, 3.63) is 30.1 Å². The molecule has 1 unspecified atom stereocenters. The molecule has 7 nitrogen and oxygen atoms in total. The molecule has 0 radical (unpaired) electrons. The van der Waals surface area contributed by atoms with E-state index in [-0.39, 0.29) is 12.5 Å². The second-order valence-corrected chi connectivity index (χ2v) is 7.57. The Morgan fingerprint density at radius 1 is 1.35 bits per heavy atom. The molecule has 1 atom stereocenters. The second kappa shape index (κ2) is 8.90. The number of pyridine rings is 1. The first-order chi connectivity index (χ1) is 12.5. The summed E-state index contributed by atoms with van der Waals surface area (Å²) in [5.41, 5.74) is -0.0525. The zero-order valence-corrected chi connectivity index (χ0v) is 15.6. The largest absolute Gasteiger partial charge is 0.384 e. The predicted octanol–water partition coefficient (Wildman–Crippen LogP) is 0.199. The molecule has 0 saturated carbocycles. The van der Waals surface area contributed by atoms with Gasteiger partial charge in [0.05, 0.1) is 32.0 Å². The van der Waals surface area contributed by atoms with Gasteiger partial charge in [-0.3, -0.25) is 14.7 Å². The maximum atomic E-state index is 12.8. The van der Waals surface area contributed by atoms with Gasteiger partial charge in [-0.2, -0.15) is 0 Å². The van der Waals surface area contributed by atoms with Crippen LogP contribution in [0.2, 0.25) is 0 Å². The lowest BCUT2D eigenvalue weighted by molar-refractivity contribution is -0.135. The summed E-state index contributed by atoms with van der Waals surface area (Å²) in [6.45, 7) is 5.14. The van der Waals surface area contributed by atoms with Crippen molar-refractivity contribution in [1.82, 2.24) is 19.7 Å². The maximum Gasteiger partial charge on any atom is 0.236 e. The zero-order valence-electron chi connectivity index (χ0n) is 15.6. The Hall–Kier alpha value is -1.54. The number of hydrogen-bond acceptors (Lipinski definition) is 6. The van der Waals surface area contributed by atoms with Crippen LogP contribution in [-0.2, 0) is 16.1 Å². The van der Waals surface area contributed by atoms with Gasteiger partial charge in [0.15, 0.2) is 0 Å². The highest BCUT2D eigenvalue weighted by atomic mass is 16.5. The first-order valence-corrected chi connectivity index (χ1v) is 9.43. The lowest BCUT2D eigenvalue weighted by Crippen LogP contribution is -2.54. The molecular formula is C19H30N4O3. The average Bonchev–Trinajstić information content (AvgIpc) is 3.02. The molecule has 3 heterocycles. The fraction of sp³-hybridized carbons (Fsp3) is 0.684. The number of ether oxygens (including phenoxy) is 1. The molecule has 1 N–H and O–H groups in total. The normalized spacial score (nSPS) is 24.8. The third-order valence-electron chi connectivity index (χ3n) is 4.99. The minimum Gasteiger partial charge on any atom is -0.384 e. The molecule has 2 aliphatic heterocycles. The SMILES string of the molecule is CN(CC(=O)N1CCOCC(O)(CN2CCCC2)C1)Cc1ccccn1. The summed E-state index contributed by atoms with van der Waals surface area (Å²) in [5.74, 6) is 0.0220. The zero-order chi connectivity index (χ0) is 18.4. The van der Waals surface area contributed by atoms with Crippen LogP contribution in [-0.4, -0.2) is 95.8 Å². The molecule has 2 aliphatic rings. The molecule has 2 saturated heterocycles. The van der Waals surface area contributed by atoms with Crippen LogP contribution in [0.25, 0.3) is 0 Å². The standard InChI is InChI=1S/C19H30N4O3/c1-21(12-17-6-2-3-7-20-17)13-18(24)23-10-11-26-16-19(25,15-23)14-22-8-4-5-9-22/h2-3,6-7,25H,4-5,8-16H2,1H3. The Bertz CT molecular complexity index is 579. The van der Waals surface area contributed by atoms with E-state index in [1.807, 2.05) is 30.1 Å². The summed E-state index contributed by atoms with van der Waals surface area (Å²) in [4.78, 5) is 23.0. The van der Waals surface area contributed by atoms with E-state index in [1.54, 1.807) is 11.1 Å². The molecule has 7 heteroatoms. The van der Waals surface area contributed by atoms with E-state index in [2.05, 4.69) is 9.88 Å². The minimum atomic E-state index is -0.990. The summed E-state index contributed by atoms with van der Waals surface area (Å²) >= 11 is 0. The van der Waals surface area contributed by atoms with E-state index in [0.29, 0.717) is 39.3 Å². The van der Waals surface area contributed by atoms with Crippen LogP contribution >= 0.6 is 0 Å². The van der Waals surface area contributed by atoms with Crippen LogP contribution in [0.15, 0.2) is 24.4 Å². The van der Waals surface area contributed by atoms with E-state index in [9.17, 15) is 9.90 Å². The van der Waals surface area contributed by atoms with Gasteiger partial charge in [-0.05, 0) is 45.1 Å². The highest BCUT2D eigenvalue weighted by molar-refractivity contribution is 5.78. The molecule has 0 bridgehead atoms. The first-order valence-electron chi connectivity index (χ1n) is 9.43. The number of rotatable bonds is 6. The number of likely N-dealkylation sites (tertiary alicyclic amines) is 1. The Labute approximate surface area is 155 Å². The molecule has 3 rings (SSSR count). The Morgan fingerprint density at radius 2 is 2.15 bits per heavy atom. The minimum absolute atomic E-state index is 0.0220. The molecule has 144 valence electrons. The molecule has 0 spiro atoms. The van der Waals surface area contributed by atoms with Crippen LogP contribution < -0.4 is 0 Å². The van der Waals surface area contributed by atoms with E-state index in [1.165, 1.54) is 12.8 Å². The fourth-order valence-corrected chi connectivity index (χ4v) is 3.74. The van der Waals surface area contributed by atoms with Crippen LogP contribution in [0.4, 0.5) is 0 Å². The second-order valence-electron chi connectivity index (χ2n) is 7.57. The molecule has 0 aliphatic carbocycles. The molecule has 0 aromatic carbocycles. The third kappa shape index (κ3) is 5.48. The van der Waals surface area contributed by atoms with Crippen LogP contribution in [0, 0.1) is 0 Å². The molecular weight excluding hydrogens is 332 g/mol. The van der Waals surface area contributed by atoms with Gasteiger partial charge in [0.2, 0.25) is 5.91 Å². The average molecular weight is 362 g/mol. The van der Waals surface area contributed by atoms with Gasteiger partial charge in [0.1, 0.15) is 5.60 Å². The summed E-state index contributed by atoms with van der Waals surface area (Å²) in [7, 11) is 1.91.